The number of alkyl halides is 3. The van der Waals surface area contributed by atoms with E-state index in [-0.39, 0.29) is 16.7 Å². The number of nitriles is 1. The zero-order valence-corrected chi connectivity index (χ0v) is 14.6. The molecular formula is C21H15F3N2O. The Kier molecular flexibility index (Phi) is 4.63. The second-order valence-corrected chi connectivity index (χ2v) is 6.27. The van der Waals surface area contributed by atoms with E-state index in [4.69, 9.17) is 0 Å². The summed E-state index contributed by atoms with van der Waals surface area (Å²) in [7, 11) is 0. The molecule has 0 aliphatic heterocycles. The first-order valence-corrected chi connectivity index (χ1v) is 8.14. The van der Waals surface area contributed by atoms with E-state index in [1.807, 2.05) is 32.0 Å². The minimum atomic E-state index is -4.61. The highest BCUT2D eigenvalue weighted by Gasteiger charge is 2.34. The van der Waals surface area contributed by atoms with Crippen LogP contribution in [-0.2, 0) is 6.18 Å². The summed E-state index contributed by atoms with van der Waals surface area (Å²) < 4.78 is 40.3. The lowest BCUT2D eigenvalue weighted by Gasteiger charge is -2.15. The van der Waals surface area contributed by atoms with E-state index in [1.165, 1.54) is 24.3 Å². The molecular weight excluding hydrogens is 353 g/mol. The molecule has 0 unspecified atom stereocenters. The number of benzene rings is 2. The van der Waals surface area contributed by atoms with Crippen molar-refractivity contribution in [1.29, 1.82) is 5.26 Å². The van der Waals surface area contributed by atoms with Crippen molar-refractivity contribution in [2.24, 2.45) is 0 Å². The summed E-state index contributed by atoms with van der Waals surface area (Å²) in [5.74, 6) is 0. The highest BCUT2D eigenvalue weighted by Crippen LogP contribution is 2.38. The van der Waals surface area contributed by atoms with Crippen LogP contribution < -0.4 is 5.56 Å². The fourth-order valence-corrected chi connectivity index (χ4v) is 3.02. The maximum atomic E-state index is 13.4. The van der Waals surface area contributed by atoms with Crippen molar-refractivity contribution in [3.8, 4) is 28.5 Å². The summed E-state index contributed by atoms with van der Waals surface area (Å²) in [6, 6.07) is 13.7. The lowest BCUT2D eigenvalue weighted by Crippen LogP contribution is -2.15. The fourth-order valence-electron chi connectivity index (χ4n) is 3.02. The van der Waals surface area contributed by atoms with E-state index in [0.29, 0.717) is 11.3 Å². The minimum absolute atomic E-state index is 0.0370. The van der Waals surface area contributed by atoms with Gasteiger partial charge in [-0.1, -0.05) is 35.9 Å². The SMILES string of the molecule is Cc1ccc(C)c(-c2cc(-c3ccccc3C(F)(F)F)c(C#N)c(=O)[nH]2)c1. The van der Waals surface area contributed by atoms with Gasteiger partial charge >= 0.3 is 6.18 Å². The molecule has 3 aromatic rings. The molecule has 1 N–H and O–H groups in total. The number of pyridine rings is 1. The molecule has 3 rings (SSSR count). The number of H-pyrrole nitrogens is 1. The molecule has 0 radical (unpaired) electrons. The second kappa shape index (κ2) is 6.76. The summed E-state index contributed by atoms with van der Waals surface area (Å²) in [4.78, 5) is 15.1. The topological polar surface area (TPSA) is 56.6 Å². The quantitative estimate of drug-likeness (QED) is 0.674. The Morgan fingerprint density at radius 2 is 1.67 bits per heavy atom. The van der Waals surface area contributed by atoms with Gasteiger partial charge in [0.05, 0.1) is 5.56 Å². The van der Waals surface area contributed by atoms with Crippen LogP contribution in [0.15, 0.2) is 53.3 Å². The molecule has 0 amide bonds. The van der Waals surface area contributed by atoms with Crippen LogP contribution >= 0.6 is 0 Å². The van der Waals surface area contributed by atoms with E-state index in [0.717, 1.165) is 17.2 Å². The molecule has 0 aliphatic rings. The first-order chi connectivity index (χ1) is 12.7. The highest BCUT2D eigenvalue weighted by atomic mass is 19.4. The molecule has 0 spiro atoms. The zero-order valence-electron chi connectivity index (χ0n) is 14.6. The zero-order chi connectivity index (χ0) is 19.8. The summed E-state index contributed by atoms with van der Waals surface area (Å²) in [5.41, 5.74) is 0.676. The van der Waals surface area contributed by atoms with Crippen LogP contribution in [0, 0.1) is 25.2 Å². The highest BCUT2D eigenvalue weighted by molar-refractivity contribution is 5.78. The van der Waals surface area contributed by atoms with Crippen LogP contribution in [-0.4, -0.2) is 4.98 Å². The number of aryl methyl sites for hydroxylation is 2. The van der Waals surface area contributed by atoms with Crippen LogP contribution in [0.25, 0.3) is 22.4 Å². The molecule has 0 bridgehead atoms. The maximum Gasteiger partial charge on any atom is 0.417 e. The first kappa shape index (κ1) is 18.5. The van der Waals surface area contributed by atoms with Gasteiger partial charge in [-0.2, -0.15) is 18.4 Å². The molecule has 1 aromatic heterocycles. The molecule has 6 heteroatoms. The van der Waals surface area contributed by atoms with Crippen molar-refractivity contribution in [3.63, 3.8) is 0 Å². The normalized spacial score (nSPS) is 11.3. The molecule has 3 nitrogen and oxygen atoms in total. The predicted molar refractivity (Wildman–Crippen MR) is 97.1 cm³/mol. The molecule has 0 saturated carbocycles. The number of nitrogens with one attached hydrogen (secondary N) is 1. The fraction of sp³-hybridized carbons (Fsp3) is 0.143. The first-order valence-electron chi connectivity index (χ1n) is 8.14. The molecule has 27 heavy (non-hydrogen) atoms. The molecule has 0 fully saturated rings. The van der Waals surface area contributed by atoms with E-state index < -0.39 is 17.3 Å². The van der Waals surface area contributed by atoms with Crippen LogP contribution in [0.3, 0.4) is 0 Å². The Bertz CT molecular complexity index is 1120. The molecule has 1 heterocycles. The van der Waals surface area contributed by atoms with Gasteiger partial charge in [0.25, 0.3) is 5.56 Å². The second-order valence-electron chi connectivity index (χ2n) is 6.27. The maximum absolute atomic E-state index is 13.4. The third-order valence-electron chi connectivity index (χ3n) is 4.35. The van der Waals surface area contributed by atoms with Crippen LogP contribution in [0.1, 0.15) is 22.3 Å². The van der Waals surface area contributed by atoms with Crippen molar-refractivity contribution >= 4 is 0 Å². The number of hydrogen-bond donors (Lipinski definition) is 1. The Balaban J connectivity index is 2.36. The smallest absolute Gasteiger partial charge is 0.321 e. The summed E-state index contributed by atoms with van der Waals surface area (Å²) in [5, 5.41) is 9.36. The van der Waals surface area contributed by atoms with Gasteiger partial charge in [0.1, 0.15) is 11.6 Å². The summed E-state index contributed by atoms with van der Waals surface area (Å²) >= 11 is 0. The average molecular weight is 368 g/mol. The van der Waals surface area contributed by atoms with Crippen molar-refractivity contribution < 1.29 is 13.2 Å². The van der Waals surface area contributed by atoms with Gasteiger partial charge in [0, 0.05) is 16.8 Å². The van der Waals surface area contributed by atoms with Crippen molar-refractivity contribution in [1.82, 2.24) is 4.98 Å². The Morgan fingerprint density at radius 3 is 2.33 bits per heavy atom. The molecule has 2 aromatic carbocycles. The molecule has 136 valence electrons. The van der Waals surface area contributed by atoms with Gasteiger partial charge in [-0.3, -0.25) is 4.79 Å². The van der Waals surface area contributed by atoms with Crippen LogP contribution in [0.2, 0.25) is 0 Å². The van der Waals surface area contributed by atoms with Gasteiger partial charge in [0.15, 0.2) is 0 Å². The van der Waals surface area contributed by atoms with Gasteiger partial charge in [-0.05, 0) is 43.2 Å². The number of halogens is 3. The van der Waals surface area contributed by atoms with E-state index >= 15 is 0 Å². The van der Waals surface area contributed by atoms with Gasteiger partial charge in [-0.25, -0.2) is 0 Å². The van der Waals surface area contributed by atoms with Crippen molar-refractivity contribution in [3.05, 3.63) is 81.1 Å². The van der Waals surface area contributed by atoms with Crippen LogP contribution in [0.4, 0.5) is 13.2 Å². The Hall–Kier alpha value is -3.33. The third-order valence-corrected chi connectivity index (χ3v) is 4.35. The van der Waals surface area contributed by atoms with E-state index in [1.54, 1.807) is 6.07 Å². The number of rotatable bonds is 2. The van der Waals surface area contributed by atoms with Crippen LogP contribution in [0.5, 0.6) is 0 Å². The molecule has 0 aliphatic carbocycles. The van der Waals surface area contributed by atoms with E-state index in [9.17, 15) is 23.2 Å². The van der Waals surface area contributed by atoms with Crippen molar-refractivity contribution in [2.75, 3.05) is 0 Å². The minimum Gasteiger partial charge on any atom is -0.321 e. The molecule has 0 atom stereocenters. The number of hydrogen-bond acceptors (Lipinski definition) is 2. The lowest BCUT2D eigenvalue weighted by molar-refractivity contribution is -0.137. The van der Waals surface area contributed by atoms with Gasteiger partial charge in [-0.15, -0.1) is 0 Å². The molecule has 0 saturated heterocycles. The number of nitrogens with zero attached hydrogens (tertiary/aromatic N) is 1. The standard InChI is InChI=1S/C21H15F3N2O/c1-12-7-8-13(2)15(9-12)19-10-16(17(11-25)20(27)26-19)14-5-3-4-6-18(14)21(22,23)24/h3-10H,1-2H3,(H,26,27). The summed E-state index contributed by atoms with van der Waals surface area (Å²) in [6.07, 6.45) is -4.61. The average Bonchev–Trinajstić information content (AvgIpc) is 2.62. The number of aromatic nitrogens is 1. The monoisotopic (exact) mass is 368 g/mol. The number of aromatic amines is 1. The van der Waals surface area contributed by atoms with Gasteiger partial charge < -0.3 is 4.98 Å². The summed E-state index contributed by atoms with van der Waals surface area (Å²) in [6.45, 7) is 3.72. The lowest BCUT2D eigenvalue weighted by atomic mass is 9.93. The predicted octanol–water partition coefficient (Wildman–Crippen LogP) is 5.22. The third kappa shape index (κ3) is 3.49. The Labute approximate surface area is 153 Å². The Morgan fingerprint density at radius 1 is 0.963 bits per heavy atom. The van der Waals surface area contributed by atoms with Crippen molar-refractivity contribution in [2.45, 2.75) is 20.0 Å². The van der Waals surface area contributed by atoms with Gasteiger partial charge in [0.2, 0.25) is 0 Å². The largest absolute Gasteiger partial charge is 0.417 e. The van der Waals surface area contributed by atoms with E-state index in [2.05, 4.69) is 4.98 Å².